The highest BCUT2D eigenvalue weighted by Crippen LogP contribution is 2.32. The molecule has 126 valence electrons. The highest BCUT2D eigenvalue weighted by Gasteiger charge is 2.33. The molecule has 24 heavy (non-hydrogen) atoms. The lowest BCUT2D eigenvalue weighted by Gasteiger charge is -2.25. The minimum absolute atomic E-state index is 0.0141. The van der Waals surface area contributed by atoms with Crippen LogP contribution in [0.5, 0.6) is 5.75 Å². The number of hydrogen-bond acceptors (Lipinski definition) is 3. The number of aliphatic hydroxyl groups excluding tert-OH is 1. The van der Waals surface area contributed by atoms with E-state index in [1.165, 1.54) is 0 Å². The van der Waals surface area contributed by atoms with Crippen LogP contribution in [0, 0.1) is 0 Å². The summed E-state index contributed by atoms with van der Waals surface area (Å²) >= 11 is 0. The van der Waals surface area contributed by atoms with Crippen LogP contribution < -0.4 is 4.74 Å². The fraction of sp³-hybridized carbons (Fsp3) is 0.350. The summed E-state index contributed by atoms with van der Waals surface area (Å²) in [6.07, 6.45) is 1.40. The van der Waals surface area contributed by atoms with Gasteiger partial charge in [0, 0.05) is 18.2 Å². The summed E-state index contributed by atoms with van der Waals surface area (Å²) < 4.78 is 5.39. The van der Waals surface area contributed by atoms with Crippen LogP contribution in [0.1, 0.15) is 36.5 Å². The normalized spacial score (nSPS) is 14.9. The van der Waals surface area contributed by atoms with Crippen LogP contribution in [-0.2, 0) is 11.3 Å². The van der Waals surface area contributed by atoms with Gasteiger partial charge in [-0.3, -0.25) is 4.79 Å². The maximum atomic E-state index is 12.7. The Labute approximate surface area is 142 Å². The average molecular weight is 325 g/mol. The Morgan fingerprint density at radius 3 is 2.50 bits per heavy atom. The minimum Gasteiger partial charge on any atom is -0.496 e. The molecule has 1 N–H and O–H groups in total. The summed E-state index contributed by atoms with van der Waals surface area (Å²) in [5.74, 6) is 0.777. The van der Waals surface area contributed by atoms with Crippen LogP contribution in [0.2, 0.25) is 0 Å². The molecule has 0 aliphatic heterocycles. The monoisotopic (exact) mass is 325 g/mol. The molecule has 4 nitrogen and oxygen atoms in total. The van der Waals surface area contributed by atoms with Gasteiger partial charge in [0.25, 0.3) is 0 Å². The minimum atomic E-state index is -0.766. The highest BCUT2D eigenvalue weighted by atomic mass is 16.5. The molecular formula is C20H23NO3. The first kappa shape index (κ1) is 16.5. The lowest BCUT2D eigenvalue weighted by molar-refractivity contribution is -0.134. The Morgan fingerprint density at radius 2 is 1.83 bits per heavy atom. The van der Waals surface area contributed by atoms with Crippen molar-refractivity contribution in [3.63, 3.8) is 0 Å². The van der Waals surface area contributed by atoms with E-state index in [1.54, 1.807) is 7.11 Å². The van der Waals surface area contributed by atoms with Crippen molar-refractivity contribution in [2.45, 2.75) is 38.0 Å². The second-order valence-electron chi connectivity index (χ2n) is 6.20. The number of para-hydroxylation sites is 1. The second kappa shape index (κ2) is 7.49. The lowest BCUT2D eigenvalue weighted by Crippen LogP contribution is -2.33. The molecule has 3 rings (SSSR count). The molecule has 1 amide bonds. The molecule has 1 atom stereocenters. The van der Waals surface area contributed by atoms with Gasteiger partial charge in [0.15, 0.2) is 0 Å². The van der Waals surface area contributed by atoms with Crippen LogP contribution in [0.15, 0.2) is 54.6 Å². The molecular weight excluding hydrogens is 302 g/mol. The van der Waals surface area contributed by atoms with Crippen molar-refractivity contribution < 1.29 is 14.6 Å². The van der Waals surface area contributed by atoms with Gasteiger partial charge in [0.1, 0.15) is 5.75 Å². The van der Waals surface area contributed by atoms with E-state index in [0.29, 0.717) is 6.54 Å². The second-order valence-corrected chi connectivity index (χ2v) is 6.20. The Balaban J connectivity index is 1.70. The van der Waals surface area contributed by atoms with E-state index in [-0.39, 0.29) is 18.4 Å². The third kappa shape index (κ3) is 3.95. The summed E-state index contributed by atoms with van der Waals surface area (Å²) in [4.78, 5) is 14.6. The Kier molecular flexibility index (Phi) is 5.16. The molecule has 1 unspecified atom stereocenters. The molecule has 0 saturated heterocycles. The molecule has 2 aromatic carbocycles. The van der Waals surface area contributed by atoms with E-state index in [1.807, 2.05) is 59.5 Å². The number of amides is 1. The molecule has 2 aromatic rings. The number of carbonyl (C=O) groups is 1. The van der Waals surface area contributed by atoms with E-state index in [2.05, 4.69) is 0 Å². The number of carbonyl (C=O) groups excluding carboxylic acids is 1. The quantitative estimate of drug-likeness (QED) is 0.849. The van der Waals surface area contributed by atoms with Crippen LogP contribution >= 0.6 is 0 Å². The molecule has 1 saturated carbocycles. The van der Waals surface area contributed by atoms with Gasteiger partial charge in [-0.15, -0.1) is 0 Å². The number of nitrogens with zero attached hydrogens (tertiary/aromatic N) is 1. The lowest BCUT2D eigenvalue weighted by atomic mass is 10.1. The SMILES string of the molecule is COc1ccccc1CN(C(=O)CC(O)c1ccccc1)C1CC1. The van der Waals surface area contributed by atoms with Crippen LogP contribution in [0.3, 0.4) is 0 Å². The zero-order valence-corrected chi connectivity index (χ0v) is 13.9. The molecule has 0 spiro atoms. The Hall–Kier alpha value is -2.33. The van der Waals surface area contributed by atoms with Gasteiger partial charge in [0.2, 0.25) is 5.91 Å². The number of ether oxygens (including phenoxy) is 1. The standard InChI is InChI=1S/C20H23NO3/c1-24-19-10-6-5-9-16(19)14-21(17-11-12-17)20(23)13-18(22)15-7-3-2-4-8-15/h2-10,17-18,22H,11-14H2,1H3. The van der Waals surface area contributed by atoms with E-state index < -0.39 is 6.10 Å². The molecule has 0 radical (unpaired) electrons. The Bertz CT molecular complexity index is 682. The molecule has 4 heteroatoms. The van der Waals surface area contributed by atoms with Crippen molar-refractivity contribution >= 4 is 5.91 Å². The third-order valence-corrected chi connectivity index (χ3v) is 4.39. The first-order valence-corrected chi connectivity index (χ1v) is 8.33. The van der Waals surface area contributed by atoms with E-state index >= 15 is 0 Å². The number of hydrogen-bond donors (Lipinski definition) is 1. The van der Waals surface area contributed by atoms with E-state index in [0.717, 1.165) is 29.7 Å². The van der Waals surface area contributed by atoms with Gasteiger partial charge in [-0.2, -0.15) is 0 Å². The molecule has 1 aliphatic carbocycles. The number of methoxy groups -OCH3 is 1. The predicted molar refractivity (Wildman–Crippen MR) is 92.6 cm³/mol. The van der Waals surface area contributed by atoms with Gasteiger partial charge >= 0.3 is 0 Å². The average Bonchev–Trinajstić information content (AvgIpc) is 3.45. The first-order valence-electron chi connectivity index (χ1n) is 8.33. The molecule has 0 bridgehead atoms. The van der Waals surface area contributed by atoms with Gasteiger partial charge in [0.05, 0.1) is 19.6 Å². The van der Waals surface area contributed by atoms with Crippen molar-refractivity contribution in [3.8, 4) is 5.75 Å². The number of benzene rings is 2. The number of aliphatic hydroxyl groups is 1. The van der Waals surface area contributed by atoms with Gasteiger partial charge in [-0.25, -0.2) is 0 Å². The zero-order valence-electron chi connectivity index (χ0n) is 13.9. The molecule has 1 fully saturated rings. The van der Waals surface area contributed by atoms with Gasteiger partial charge in [-0.05, 0) is 24.5 Å². The summed E-state index contributed by atoms with van der Waals surface area (Å²) in [7, 11) is 1.64. The van der Waals surface area contributed by atoms with E-state index in [4.69, 9.17) is 4.74 Å². The van der Waals surface area contributed by atoms with Gasteiger partial charge in [-0.1, -0.05) is 48.5 Å². The maximum Gasteiger partial charge on any atom is 0.226 e. The van der Waals surface area contributed by atoms with Crippen molar-refractivity contribution in [1.82, 2.24) is 4.90 Å². The number of rotatable bonds is 7. The highest BCUT2D eigenvalue weighted by molar-refractivity contribution is 5.77. The van der Waals surface area contributed by atoms with Crippen molar-refractivity contribution in [3.05, 3.63) is 65.7 Å². The third-order valence-electron chi connectivity index (χ3n) is 4.39. The summed E-state index contributed by atoms with van der Waals surface area (Å²) in [6, 6.07) is 17.4. The van der Waals surface area contributed by atoms with E-state index in [9.17, 15) is 9.90 Å². The molecule has 0 heterocycles. The summed E-state index contributed by atoms with van der Waals surface area (Å²) in [6.45, 7) is 0.523. The van der Waals surface area contributed by atoms with Crippen molar-refractivity contribution in [2.24, 2.45) is 0 Å². The fourth-order valence-electron chi connectivity index (χ4n) is 2.90. The topological polar surface area (TPSA) is 49.8 Å². The van der Waals surface area contributed by atoms with Crippen LogP contribution in [0.4, 0.5) is 0 Å². The van der Waals surface area contributed by atoms with Crippen LogP contribution in [0.25, 0.3) is 0 Å². The van der Waals surface area contributed by atoms with Crippen LogP contribution in [-0.4, -0.2) is 29.1 Å². The molecule has 1 aliphatic rings. The predicted octanol–water partition coefficient (Wildman–Crippen LogP) is 3.31. The largest absolute Gasteiger partial charge is 0.496 e. The van der Waals surface area contributed by atoms with Crippen molar-refractivity contribution in [1.29, 1.82) is 0 Å². The van der Waals surface area contributed by atoms with Crippen molar-refractivity contribution in [2.75, 3.05) is 7.11 Å². The summed E-state index contributed by atoms with van der Waals surface area (Å²) in [5, 5.41) is 10.3. The zero-order chi connectivity index (χ0) is 16.9. The fourth-order valence-corrected chi connectivity index (χ4v) is 2.90. The molecule has 0 aromatic heterocycles. The first-order chi connectivity index (χ1) is 11.7. The smallest absolute Gasteiger partial charge is 0.226 e. The maximum absolute atomic E-state index is 12.7. The van der Waals surface area contributed by atoms with Gasteiger partial charge < -0.3 is 14.7 Å². The summed E-state index contributed by atoms with van der Waals surface area (Å²) in [5.41, 5.74) is 1.77. The Morgan fingerprint density at radius 1 is 1.17 bits per heavy atom.